The Labute approximate surface area is 52.3 Å². The molecule has 2 N–H and O–H groups in total. The summed E-state index contributed by atoms with van der Waals surface area (Å²) in [5, 5.41) is 2.65. The van der Waals surface area contributed by atoms with Crippen molar-refractivity contribution in [2.45, 2.75) is 0 Å². The quantitative estimate of drug-likeness (QED) is 0.557. The maximum absolute atomic E-state index is 10.2. The Morgan fingerprint density at radius 3 is 3.00 bits per heavy atom. The van der Waals surface area contributed by atoms with Crippen molar-refractivity contribution in [2.24, 2.45) is 5.73 Å². The molecule has 0 bridgehead atoms. The van der Waals surface area contributed by atoms with Crippen LogP contribution in [0.5, 0.6) is 0 Å². The van der Waals surface area contributed by atoms with Crippen LogP contribution in [0.25, 0.3) is 0 Å². The molecule has 0 fully saturated rings. The second kappa shape index (κ2) is 2.11. The number of carbonyl (C=O) groups excluding carboxylic acids is 1. The number of hydrogen-bond donors (Lipinski definition) is 1. The van der Waals surface area contributed by atoms with Gasteiger partial charge in [0.15, 0.2) is 0 Å². The first-order valence-electron chi connectivity index (χ1n) is 1.92. The number of amides is 1. The first kappa shape index (κ1) is 5.53. The van der Waals surface area contributed by atoms with Crippen molar-refractivity contribution in [2.75, 3.05) is 0 Å². The average Bonchev–Trinajstić information content (AvgIpc) is 2.12. The van der Waals surface area contributed by atoms with E-state index in [9.17, 15) is 4.79 Å². The van der Waals surface area contributed by atoms with Crippen molar-refractivity contribution in [1.29, 1.82) is 0 Å². The van der Waals surface area contributed by atoms with E-state index < -0.39 is 5.91 Å². The van der Waals surface area contributed by atoms with Crippen LogP contribution in [0.2, 0.25) is 0 Å². The van der Waals surface area contributed by atoms with E-state index in [-0.39, 0.29) is 14.5 Å². The second-order valence-corrected chi connectivity index (χ2v) is 2.56. The third-order valence-corrected chi connectivity index (χ3v) is 1.77. The summed E-state index contributed by atoms with van der Waals surface area (Å²) in [5.74, 6) is -0.461. The van der Waals surface area contributed by atoms with E-state index in [4.69, 9.17) is 5.73 Å². The van der Waals surface area contributed by atoms with Crippen LogP contribution < -0.4 is 5.73 Å². The number of nitrogens with zero attached hydrogens (tertiary/aromatic N) is 1. The van der Waals surface area contributed by atoms with Crippen molar-refractivity contribution in [3.8, 4) is 0 Å². The molecule has 0 saturated carbocycles. The van der Waals surface area contributed by atoms with Crippen LogP contribution in [0.15, 0.2) is 4.94 Å². The van der Waals surface area contributed by atoms with E-state index in [1.165, 1.54) is 0 Å². The van der Waals surface area contributed by atoms with Gasteiger partial charge in [-0.15, -0.1) is 0 Å². The van der Waals surface area contributed by atoms with Crippen LogP contribution in [-0.4, -0.2) is 25.4 Å². The molecule has 4 heteroatoms. The maximum atomic E-state index is 10.2. The molecule has 1 rings (SSSR count). The zero-order chi connectivity index (χ0) is 5.98. The van der Waals surface area contributed by atoms with Gasteiger partial charge in [-0.1, -0.05) is 0 Å². The molecule has 1 heterocycles. The molecule has 1 aromatic heterocycles. The van der Waals surface area contributed by atoms with Crippen LogP contribution in [0, 0.1) is 5.07 Å². The Balaban J connectivity index is 2.93. The fourth-order valence-electron chi connectivity index (χ4n) is 0.297. The van der Waals surface area contributed by atoms with Gasteiger partial charge < -0.3 is 0 Å². The third kappa shape index (κ3) is 0.966. The summed E-state index contributed by atoms with van der Waals surface area (Å²) in [5.41, 5.74) is 5.22. The van der Waals surface area contributed by atoms with Gasteiger partial charge in [0.25, 0.3) is 0 Å². The predicted molar refractivity (Wildman–Crippen MR) is 28.5 cm³/mol. The van der Waals surface area contributed by atoms with Crippen LogP contribution in [0.4, 0.5) is 0 Å². The molecule has 1 radical (unpaired) electrons. The van der Waals surface area contributed by atoms with Gasteiger partial charge in [-0.2, -0.15) is 0 Å². The molecule has 0 aliphatic rings. The minimum atomic E-state index is -0.461. The molecule has 0 spiro atoms. The molecule has 3 nitrogen and oxygen atoms in total. The molecule has 0 unspecified atom stereocenters. The van der Waals surface area contributed by atoms with Crippen molar-refractivity contribution in [3.05, 3.63) is 15.7 Å². The summed E-state index contributed by atoms with van der Waals surface area (Å²) < 4.78 is 0. The minimum absolute atomic E-state index is 0.143. The molecule has 0 aliphatic carbocycles. The fourth-order valence-corrected chi connectivity index (χ4v) is 1.31. The Hall–Kier alpha value is -0.601. The number of primary amides is 1. The van der Waals surface area contributed by atoms with Gasteiger partial charge in [0.2, 0.25) is 0 Å². The molecule has 41 valence electrons. The van der Waals surface area contributed by atoms with Crippen molar-refractivity contribution < 1.29 is 4.79 Å². The van der Waals surface area contributed by atoms with Crippen molar-refractivity contribution in [1.82, 2.24) is 4.98 Å². The number of nitrogens with two attached hydrogens (primary N) is 1. The Kier molecular flexibility index (Phi) is 1.46. The molecular weight excluding hydrogens is 171 g/mol. The van der Waals surface area contributed by atoms with E-state index in [1.54, 1.807) is 4.94 Å². The number of rotatable bonds is 1. The van der Waals surface area contributed by atoms with Gasteiger partial charge in [0.1, 0.15) is 0 Å². The zero-order valence-corrected chi connectivity index (χ0v) is 5.63. The molecule has 0 aromatic carbocycles. The summed E-state index contributed by atoms with van der Waals surface area (Å²) >= 11 is 0.143. The molecule has 1 aromatic rings. The van der Waals surface area contributed by atoms with Gasteiger partial charge in [-0.3, -0.25) is 0 Å². The predicted octanol–water partition coefficient (Wildman–Crippen LogP) is -0.962. The van der Waals surface area contributed by atoms with Gasteiger partial charge >= 0.3 is 51.6 Å². The molecule has 0 saturated heterocycles. The molecule has 1 amide bonds. The van der Waals surface area contributed by atoms with E-state index in [0.717, 1.165) is 0 Å². The topological polar surface area (TPSA) is 56.0 Å². The monoisotopic (exact) mass is 175 g/mol. The molecular formula is C4H3N2OSe. The summed E-state index contributed by atoms with van der Waals surface area (Å²) in [6, 6.07) is 0. The fraction of sp³-hybridized carbons (Fsp3) is 0. The third-order valence-electron chi connectivity index (χ3n) is 0.642. The Bertz CT molecular complexity index is 182. The standard InChI is InChI=1S/C4H3N2OSe/c5-4(7)3-1-8-2-6-3/h1H,(H2,5,7). The van der Waals surface area contributed by atoms with Gasteiger partial charge in [0, 0.05) is 0 Å². The van der Waals surface area contributed by atoms with Gasteiger partial charge in [0.05, 0.1) is 0 Å². The summed E-state index contributed by atoms with van der Waals surface area (Å²) in [6.45, 7) is 0. The number of aromatic nitrogens is 1. The van der Waals surface area contributed by atoms with E-state index in [1.807, 2.05) is 0 Å². The average molecular weight is 174 g/mol. The van der Waals surface area contributed by atoms with E-state index in [2.05, 4.69) is 10.1 Å². The normalized spacial score (nSPS) is 9.00. The van der Waals surface area contributed by atoms with Crippen LogP contribution in [0.1, 0.15) is 10.5 Å². The first-order valence-corrected chi connectivity index (χ1v) is 3.76. The number of hydrogen-bond acceptors (Lipinski definition) is 2. The Morgan fingerprint density at radius 1 is 2.00 bits per heavy atom. The first-order chi connectivity index (χ1) is 3.80. The summed E-state index contributed by atoms with van der Waals surface area (Å²) in [4.78, 5) is 15.5. The second-order valence-electron chi connectivity index (χ2n) is 1.19. The SMILES string of the molecule is NC(=O)c1c[se][c]n1. The molecule has 8 heavy (non-hydrogen) atoms. The van der Waals surface area contributed by atoms with Crippen molar-refractivity contribution in [3.63, 3.8) is 0 Å². The van der Waals surface area contributed by atoms with Crippen LogP contribution in [0.3, 0.4) is 0 Å². The van der Waals surface area contributed by atoms with Gasteiger partial charge in [-0.05, 0) is 0 Å². The Morgan fingerprint density at radius 2 is 2.75 bits per heavy atom. The zero-order valence-electron chi connectivity index (χ0n) is 3.92. The van der Waals surface area contributed by atoms with E-state index >= 15 is 0 Å². The summed E-state index contributed by atoms with van der Waals surface area (Å²) in [7, 11) is 0. The van der Waals surface area contributed by atoms with Crippen LogP contribution in [-0.2, 0) is 0 Å². The van der Waals surface area contributed by atoms with Gasteiger partial charge in [-0.25, -0.2) is 0 Å². The molecule has 0 atom stereocenters. The van der Waals surface area contributed by atoms with Crippen molar-refractivity contribution >= 4 is 20.4 Å². The van der Waals surface area contributed by atoms with E-state index in [0.29, 0.717) is 5.69 Å². The van der Waals surface area contributed by atoms with Crippen LogP contribution >= 0.6 is 0 Å². The molecule has 0 aliphatic heterocycles. The number of carbonyl (C=O) groups is 1. The summed E-state index contributed by atoms with van der Waals surface area (Å²) in [6.07, 6.45) is 0.